The molecule has 20 heavy (non-hydrogen) atoms. The third-order valence-electron chi connectivity index (χ3n) is 3.24. The Labute approximate surface area is 123 Å². The van der Waals surface area contributed by atoms with Crippen LogP contribution in [0.25, 0.3) is 0 Å². The summed E-state index contributed by atoms with van der Waals surface area (Å²) >= 11 is 6.11. The van der Waals surface area contributed by atoms with Crippen molar-refractivity contribution < 1.29 is 14.7 Å². The third-order valence-corrected chi connectivity index (χ3v) is 3.55. The van der Waals surface area contributed by atoms with E-state index in [9.17, 15) is 9.59 Å². The minimum atomic E-state index is -0.994. The minimum Gasteiger partial charge on any atom is -0.481 e. The van der Waals surface area contributed by atoms with Gasteiger partial charge in [-0.1, -0.05) is 31.5 Å². The number of amides is 1. The lowest BCUT2D eigenvalue weighted by atomic mass is 9.95. The number of halogens is 1. The molecule has 0 spiro atoms. The summed E-state index contributed by atoms with van der Waals surface area (Å²) in [6.07, 6.45) is 0. The Morgan fingerprint density at radius 3 is 2.35 bits per heavy atom. The number of rotatable bonds is 5. The maximum absolute atomic E-state index is 12.1. The molecular formula is C14H19ClN2O3. The number of nitrogens with zero attached hydrogens (tertiary/aromatic N) is 1. The van der Waals surface area contributed by atoms with Gasteiger partial charge in [0.15, 0.2) is 0 Å². The third kappa shape index (κ3) is 3.63. The van der Waals surface area contributed by atoms with Crippen LogP contribution in [0, 0.1) is 11.8 Å². The molecule has 0 aliphatic carbocycles. The number of anilines is 2. The normalized spacial score (nSPS) is 13.4. The van der Waals surface area contributed by atoms with Crippen molar-refractivity contribution in [1.29, 1.82) is 0 Å². The van der Waals surface area contributed by atoms with Gasteiger partial charge < -0.3 is 15.3 Å². The average molecular weight is 299 g/mol. The number of nitrogens with one attached hydrogen (secondary N) is 1. The van der Waals surface area contributed by atoms with E-state index in [1.807, 2.05) is 14.1 Å². The van der Waals surface area contributed by atoms with Gasteiger partial charge in [-0.25, -0.2) is 0 Å². The van der Waals surface area contributed by atoms with Gasteiger partial charge in [0.1, 0.15) is 0 Å². The van der Waals surface area contributed by atoms with E-state index >= 15 is 0 Å². The first-order valence-corrected chi connectivity index (χ1v) is 6.63. The van der Waals surface area contributed by atoms with E-state index < -0.39 is 17.8 Å². The molecule has 110 valence electrons. The quantitative estimate of drug-likeness (QED) is 0.877. The molecule has 2 atom stereocenters. The summed E-state index contributed by atoms with van der Waals surface area (Å²) in [6, 6.07) is 5.20. The standard InChI is InChI=1S/C14H19ClN2O3/c1-8(9(2)14(19)20)13(18)16-11-7-5-6-10(15)12(11)17(3)4/h5-9H,1-4H3,(H,16,18)(H,19,20). The van der Waals surface area contributed by atoms with Crippen LogP contribution in [0.2, 0.25) is 5.02 Å². The number of para-hydroxylation sites is 1. The number of carbonyl (C=O) groups excluding carboxylic acids is 1. The maximum Gasteiger partial charge on any atom is 0.307 e. The van der Waals surface area contributed by atoms with Crippen LogP contribution in [0.15, 0.2) is 18.2 Å². The molecule has 0 fully saturated rings. The summed E-state index contributed by atoms with van der Waals surface area (Å²) in [5.74, 6) is -2.73. The molecule has 6 heteroatoms. The van der Waals surface area contributed by atoms with Crippen molar-refractivity contribution in [3.63, 3.8) is 0 Å². The smallest absolute Gasteiger partial charge is 0.307 e. The first kappa shape index (κ1) is 16.3. The second-order valence-corrected chi connectivity index (χ2v) is 5.34. The lowest BCUT2D eigenvalue weighted by Gasteiger charge is -2.21. The summed E-state index contributed by atoms with van der Waals surface area (Å²) in [7, 11) is 3.64. The highest BCUT2D eigenvalue weighted by Gasteiger charge is 2.26. The molecule has 0 aliphatic heterocycles. The molecule has 0 saturated carbocycles. The van der Waals surface area contributed by atoms with Gasteiger partial charge in [-0.2, -0.15) is 0 Å². The van der Waals surface area contributed by atoms with Crippen LogP contribution in [0.4, 0.5) is 11.4 Å². The lowest BCUT2D eigenvalue weighted by Crippen LogP contribution is -2.30. The summed E-state index contributed by atoms with van der Waals surface area (Å²) in [6.45, 7) is 3.10. The topological polar surface area (TPSA) is 69.6 Å². The zero-order valence-corrected chi connectivity index (χ0v) is 12.7. The van der Waals surface area contributed by atoms with Gasteiger partial charge in [-0.05, 0) is 12.1 Å². The number of carbonyl (C=O) groups is 2. The molecule has 0 aromatic heterocycles. The van der Waals surface area contributed by atoms with Crippen LogP contribution in [0.1, 0.15) is 13.8 Å². The number of carboxylic acids is 1. The highest BCUT2D eigenvalue weighted by molar-refractivity contribution is 6.34. The van der Waals surface area contributed by atoms with E-state index in [2.05, 4.69) is 5.32 Å². The molecule has 5 nitrogen and oxygen atoms in total. The Bertz CT molecular complexity index is 517. The largest absolute Gasteiger partial charge is 0.481 e. The minimum absolute atomic E-state index is 0.342. The monoisotopic (exact) mass is 298 g/mol. The van der Waals surface area contributed by atoms with Gasteiger partial charge in [0.2, 0.25) is 5.91 Å². The second kappa shape index (κ2) is 6.61. The van der Waals surface area contributed by atoms with Crippen LogP contribution in [0.5, 0.6) is 0 Å². The molecule has 1 aromatic rings. The first-order chi connectivity index (χ1) is 9.25. The number of benzene rings is 1. The second-order valence-electron chi connectivity index (χ2n) is 4.94. The van der Waals surface area contributed by atoms with Crippen LogP contribution < -0.4 is 10.2 Å². The first-order valence-electron chi connectivity index (χ1n) is 6.25. The van der Waals surface area contributed by atoms with Gasteiger partial charge >= 0.3 is 5.97 Å². The zero-order chi connectivity index (χ0) is 15.4. The van der Waals surface area contributed by atoms with Crippen molar-refractivity contribution in [2.45, 2.75) is 13.8 Å². The molecule has 2 unspecified atom stereocenters. The summed E-state index contributed by atoms with van der Waals surface area (Å²) in [5.41, 5.74) is 1.26. The number of hydrogen-bond acceptors (Lipinski definition) is 3. The predicted molar refractivity (Wildman–Crippen MR) is 80.4 cm³/mol. The van der Waals surface area contributed by atoms with E-state index in [1.165, 1.54) is 6.92 Å². The summed E-state index contributed by atoms with van der Waals surface area (Å²) < 4.78 is 0. The summed E-state index contributed by atoms with van der Waals surface area (Å²) in [5, 5.41) is 12.2. The van der Waals surface area contributed by atoms with Crippen molar-refractivity contribution in [1.82, 2.24) is 0 Å². The van der Waals surface area contributed by atoms with Crippen molar-refractivity contribution in [3.8, 4) is 0 Å². The molecular weight excluding hydrogens is 280 g/mol. The van der Waals surface area contributed by atoms with Gasteiger partial charge in [0, 0.05) is 20.0 Å². The van der Waals surface area contributed by atoms with Crippen LogP contribution >= 0.6 is 11.6 Å². The number of carboxylic acid groups (broad SMARTS) is 1. The van der Waals surface area contributed by atoms with Gasteiger partial charge in [0.25, 0.3) is 0 Å². The average Bonchev–Trinajstić information content (AvgIpc) is 2.36. The van der Waals surface area contributed by atoms with Gasteiger partial charge in [-0.3, -0.25) is 9.59 Å². The van der Waals surface area contributed by atoms with E-state index in [0.29, 0.717) is 16.4 Å². The Morgan fingerprint density at radius 1 is 1.25 bits per heavy atom. The highest BCUT2D eigenvalue weighted by Crippen LogP contribution is 2.32. The molecule has 0 saturated heterocycles. The number of aliphatic carboxylic acids is 1. The van der Waals surface area contributed by atoms with Crippen molar-refractivity contribution in [2.75, 3.05) is 24.3 Å². The predicted octanol–water partition coefficient (Wildman–Crippen LogP) is 2.70. The Kier molecular flexibility index (Phi) is 5.39. The zero-order valence-electron chi connectivity index (χ0n) is 12.0. The van der Waals surface area contributed by atoms with Crippen molar-refractivity contribution >= 4 is 34.9 Å². The van der Waals surface area contributed by atoms with Crippen molar-refractivity contribution in [3.05, 3.63) is 23.2 Å². The molecule has 0 bridgehead atoms. The van der Waals surface area contributed by atoms with E-state index in [4.69, 9.17) is 16.7 Å². The van der Waals surface area contributed by atoms with Crippen LogP contribution in [-0.4, -0.2) is 31.1 Å². The molecule has 2 N–H and O–H groups in total. The van der Waals surface area contributed by atoms with Crippen LogP contribution in [0.3, 0.4) is 0 Å². The molecule has 1 aromatic carbocycles. The van der Waals surface area contributed by atoms with Gasteiger partial charge in [0.05, 0.1) is 22.3 Å². The fourth-order valence-corrected chi connectivity index (χ4v) is 2.10. The van der Waals surface area contributed by atoms with E-state index in [-0.39, 0.29) is 5.91 Å². The van der Waals surface area contributed by atoms with E-state index in [1.54, 1.807) is 30.0 Å². The Balaban J connectivity index is 2.97. The Hall–Kier alpha value is -1.75. The van der Waals surface area contributed by atoms with E-state index in [0.717, 1.165) is 0 Å². The fourth-order valence-electron chi connectivity index (χ4n) is 1.76. The highest BCUT2D eigenvalue weighted by atomic mass is 35.5. The molecule has 1 amide bonds. The molecule has 1 rings (SSSR count). The molecule has 0 heterocycles. The van der Waals surface area contributed by atoms with Crippen molar-refractivity contribution in [2.24, 2.45) is 11.8 Å². The molecule has 0 aliphatic rings. The SMILES string of the molecule is CC(C(=O)O)C(C)C(=O)Nc1cccc(Cl)c1N(C)C. The van der Waals surface area contributed by atoms with Crippen LogP contribution in [-0.2, 0) is 9.59 Å². The summed E-state index contributed by atoms with van der Waals surface area (Å²) in [4.78, 5) is 24.8. The van der Waals surface area contributed by atoms with Gasteiger partial charge in [-0.15, -0.1) is 0 Å². The molecule has 0 radical (unpaired) electrons. The lowest BCUT2D eigenvalue weighted by molar-refractivity contribution is -0.145. The maximum atomic E-state index is 12.1. The Morgan fingerprint density at radius 2 is 1.85 bits per heavy atom. The number of hydrogen-bond donors (Lipinski definition) is 2. The fraction of sp³-hybridized carbons (Fsp3) is 0.429.